The Morgan fingerprint density at radius 1 is 0.972 bits per heavy atom. The Balaban J connectivity index is 1.36. The summed E-state index contributed by atoms with van der Waals surface area (Å²) < 4.78 is 14.9. The predicted molar refractivity (Wildman–Crippen MR) is 142 cm³/mol. The lowest BCUT2D eigenvalue weighted by Crippen LogP contribution is -2.31. The van der Waals surface area contributed by atoms with Crippen LogP contribution in [0.3, 0.4) is 0 Å². The maximum atomic E-state index is 9.42. The van der Waals surface area contributed by atoms with E-state index in [4.69, 9.17) is 15.2 Å². The Kier molecular flexibility index (Phi) is 7.84. The smallest absolute Gasteiger partial charge is 0.184 e. The van der Waals surface area contributed by atoms with E-state index in [9.17, 15) is 5.11 Å². The first-order valence-electron chi connectivity index (χ1n) is 12.1. The van der Waals surface area contributed by atoms with Gasteiger partial charge in [0, 0.05) is 43.7 Å². The van der Waals surface area contributed by atoms with Crippen LogP contribution in [0.1, 0.15) is 41.1 Å². The number of benzene rings is 3. The minimum absolute atomic E-state index is 0.00567. The van der Waals surface area contributed by atoms with E-state index in [2.05, 4.69) is 41.4 Å². The number of ether oxygens (including phenoxy) is 2. The lowest BCUT2D eigenvalue weighted by molar-refractivity contribution is -0.245. The first-order valence-corrected chi connectivity index (χ1v) is 13.1. The molecule has 5 rings (SSSR count). The van der Waals surface area contributed by atoms with Gasteiger partial charge in [-0.3, -0.25) is 0 Å². The SMILES string of the molecule is Cn1ccnc1SC[C@@H]1C[C@H](c2ccc(CO)cc2)O[C@H](c2ccc(-c3cccc(CN)c3)cc2)O1. The molecule has 0 radical (unpaired) electrons. The summed E-state index contributed by atoms with van der Waals surface area (Å²) >= 11 is 1.69. The van der Waals surface area contributed by atoms with Crippen molar-refractivity contribution in [1.29, 1.82) is 0 Å². The van der Waals surface area contributed by atoms with Crippen molar-refractivity contribution in [2.24, 2.45) is 12.8 Å². The van der Waals surface area contributed by atoms with Crippen LogP contribution in [0.4, 0.5) is 0 Å². The number of hydrogen-bond acceptors (Lipinski definition) is 6. The normalized spacial score (nSPS) is 19.9. The highest BCUT2D eigenvalue weighted by molar-refractivity contribution is 7.99. The fraction of sp³-hybridized carbons (Fsp3) is 0.276. The quantitative estimate of drug-likeness (QED) is 0.316. The number of nitrogens with zero attached hydrogens (tertiary/aromatic N) is 2. The van der Waals surface area contributed by atoms with Crippen molar-refractivity contribution in [3.8, 4) is 11.1 Å². The number of imidazole rings is 1. The molecule has 6 nitrogen and oxygen atoms in total. The molecule has 36 heavy (non-hydrogen) atoms. The van der Waals surface area contributed by atoms with Gasteiger partial charge in [0.05, 0.1) is 18.8 Å². The van der Waals surface area contributed by atoms with E-state index in [-0.39, 0.29) is 18.8 Å². The number of aryl methyl sites for hydroxylation is 1. The van der Waals surface area contributed by atoms with Crippen LogP contribution < -0.4 is 5.73 Å². The third-order valence-electron chi connectivity index (χ3n) is 6.47. The molecular formula is C29H31N3O3S. The number of nitrogens with two attached hydrogens (primary N) is 1. The van der Waals surface area contributed by atoms with E-state index >= 15 is 0 Å². The third kappa shape index (κ3) is 5.72. The van der Waals surface area contributed by atoms with Gasteiger partial charge in [0.25, 0.3) is 0 Å². The molecule has 1 aliphatic heterocycles. The molecule has 3 N–H and O–H groups in total. The van der Waals surface area contributed by atoms with E-state index < -0.39 is 6.29 Å². The summed E-state index contributed by atoms with van der Waals surface area (Å²) in [5, 5.41) is 10.4. The van der Waals surface area contributed by atoms with Gasteiger partial charge in [-0.05, 0) is 33.9 Å². The Bertz CT molecular complexity index is 1270. The molecule has 1 aliphatic rings. The number of aliphatic hydroxyl groups excluding tert-OH is 1. The first-order chi connectivity index (χ1) is 17.6. The molecule has 0 amide bonds. The maximum Gasteiger partial charge on any atom is 0.184 e. The second kappa shape index (κ2) is 11.4. The second-order valence-electron chi connectivity index (χ2n) is 9.01. The number of aliphatic hydroxyl groups is 1. The highest BCUT2D eigenvalue weighted by Gasteiger charge is 2.32. The molecule has 1 saturated heterocycles. The summed E-state index contributed by atoms with van der Waals surface area (Å²) in [7, 11) is 2.00. The lowest BCUT2D eigenvalue weighted by Gasteiger charge is -2.36. The van der Waals surface area contributed by atoms with Gasteiger partial charge in [-0.1, -0.05) is 78.5 Å². The molecule has 2 heterocycles. The van der Waals surface area contributed by atoms with Gasteiger partial charge in [-0.25, -0.2) is 4.98 Å². The van der Waals surface area contributed by atoms with Crippen LogP contribution >= 0.6 is 11.8 Å². The van der Waals surface area contributed by atoms with Gasteiger partial charge < -0.3 is 24.9 Å². The highest BCUT2D eigenvalue weighted by Crippen LogP contribution is 2.39. The van der Waals surface area contributed by atoms with Crippen molar-refractivity contribution in [3.63, 3.8) is 0 Å². The molecule has 0 aliphatic carbocycles. The molecule has 3 aromatic carbocycles. The maximum absolute atomic E-state index is 9.42. The Hall–Kier alpha value is -2.94. The van der Waals surface area contributed by atoms with Crippen LogP contribution in [0.25, 0.3) is 11.1 Å². The van der Waals surface area contributed by atoms with Crippen LogP contribution in [-0.4, -0.2) is 26.5 Å². The molecule has 7 heteroatoms. The molecule has 0 saturated carbocycles. The fourth-order valence-corrected chi connectivity index (χ4v) is 5.34. The first kappa shape index (κ1) is 24.7. The van der Waals surface area contributed by atoms with E-state index in [1.165, 1.54) is 0 Å². The zero-order chi connectivity index (χ0) is 24.9. The zero-order valence-electron chi connectivity index (χ0n) is 20.3. The third-order valence-corrected chi connectivity index (χ3v) is 7.66. The summed E-state index contributed by atoms with van der Waals surface area (Å²) in [6.45, 7) is 0.551. The number of aromatic nitrogens is 2. The monoisotopic (exact) mass is 501 g/mol. The minimum Gasteiger partial charge on any atom is -0.392 e. The van der Waals surface area contributed by atoms with Crippen molar-refractivity contribution in [3.05, 3.63) is 107 Å². The van der Waals surface area contributed by atoms with E-state index in [1.807, 2.05) is 60.4 Å². The Morgan fingerprint density at radius 3 is 2.44 bits per heavy atom. The van der Waals surface area contributed by atoms with Gasteiger partial charge in [0.1, 0.15) is 0 Å². The largest absolute Gasteiger partial charge is 0.392 e. The zero-order valence-corrected chi connectivity index (χ0v) is 21.1. The number of hydrogen-bond donors (Lipinski definition) is 2. The molecule has 0 bridgehead atoms. The molecular weight excluding hydrogens is 470 g/mol. The van der Waals surface area contributed by atoms with Gasteiger partial charge >= 0.3 is 0 Å². The minimum atomic E-state index is -0.474. The molecule has 1 aromatic heterocycles. The van der Waals surface area contributed by atoms with Crippen molar-refractivity contribution in [2.75, 3.05) is 5.75 Å². The Morgan fingerprint density at radius 2 is 1.75 bits per heavy atom. The second-order valence-corrected chi connectivity index (χ2v) is 10.00. The summed E-state index contributed by atoms with van der Waals surface area (Å²) in [5.74, 6) is 0.778. The van der Waals surface area contributed by atoms with E-state index in [0.717, 1.165) is 50.7 Å². The van der Waals surface area contributed by atoms with E-state index in [1.54, 1.807) is 11.8 Å². The van der Waals surface area contributed by atoms with Crippen LogP contribution in [-0.2, 0) is 29.7 Å². The van der Waals surface area contributed by atoms with E-state index in [0.29, 0.717) is 6.54 Å². The lowest BCUT2D eigenvalue weighted by atomic mass is 9.99. The average molecular weight is 502 g/mol. The number of thioether (sulfide) groups is 1. The summed E-state index contributed by atoms with van der Waals surface area (Å²) in [6, 6.07) is 24.6. The van der Waals surface area contributed by atoms with Gasteiger partial charge in [-0.15, -0.1) is 0 Å². The molecule has 3 atom stereocenters. The molecule has 1 fully saturated rings. The predicted octanol–water partition coefficient (Wildman–Crippen LogP) is 5.38. The molecule has 0 spiro atoms. The topological polar surface area (TPSA) is 82.5 Å². The van der Waals surface area contributed by atoms with Crippen LogP contribution in [0.5, 0.6) is 0 Å². The van der Waals surface area contributed by atoms with Crippen molar-refractivity contribution in [2.45, 2.75) is 43.2 Å². The fourth-order valence-electron chi connectivity index (χ4n) is 4.39. The summed E-state index contributed by atoms with van der Waals surface area (Å²) in [5.41, 5.74) is 12.2. The van der Waals surface area contributed by atoms with Crippen LogP contribution in [0.15, 0.2) is 90.3 Å². The average Bonchev–Trinajstić information content (AvgIpc) is 3.36. The van der Waals surface area contributed by atoms with Crippen LogP contribution in [0.2, 0.25) is 0 Å². The van der Waals surface area contributed by atoms with Gasteiger partial charge in [0.2, 0.25) is 0 Å². The van der Waals surface area contributed by atoms with Crippen molar-refractivity contribution in [1.82, 2.24) is 9.55 Å². The van der Waals surface area contributed by atoms with Crippen LogP contribution in [0, 0.1) is 0 Å². The highest BCUT2D eigenvalue weighted by atomic mass is 32.2. The summed E-state index contributed by atoms with van der Waals surface area (Å²) in [6.07, 6.45) is 3.92. The van der Waals surface area contributed by atoms with Gasteiger partial charge in [0.15, 0.2) is 11.4 Å². The molecule has 186 valence electrons. The number of rotatable bonds is 8. The summed E-state index contributed by atoms with van der Waals surface area (Å²) in [4.78, 5) is 4.43. The van der Waals surface area contributed by atoms with Gasteiger partial charge in [-0.2, -0.15) is 0 Å². The molecule has 0 unspecified atom stereocenters. The van der Waals surface area contributed by atoms with Crippen molar-refractivity contribution < 1.29 is 14.6 Å². The Labute approximate surface area is 216 Å². The standard InChI is InChI=1S/C29H31N3O3S/c1-32-14-13-31-29(32)36-19-26-16-27(23-7-5-20(18-33)6-8-23)35-28(34-26)24-11-9-22(10-12-24)25-4-2-3-21(15-25)17-30/h2-15,26-28,33H,16-19,30H2,1H3/t26-,27+,28+/m0/s1. The van der Waals surface area contributed by atoms with Crippen molar-refractivity contribution >= 4 is 11.8 Å². The molecule has 4 aromatic rings.